The van der Waals surface area contributed by atoms with Crippen LogP contribution in [0.3, 0.4) is 0 Å². The number of pyridine rings is 1. The van der Waals surface area contributed by atoms with Gasteiger partial charge < -0.3 is 14.6 Å². The Morgan fingerprint density at radius 2 is 1.96 bits per heavy atom. The Morgan fingerprint density at radius 3 is 2.61 bits per heavy atom. The Labute approximate surface area is 142 Å². The molecule has 23 heavy (non-hydrogen) atoms. The Balaban J connectivity index is 2.07. The van der Waals surface area contributed by atoms with E-state index in [1.54, 1.807) is 37.2 Å². The summed E-state index contributed by atoms with van der Waals surface area (Å²) in [6, 6.07) is 3.36. The number of anilines is 1. The summed E-state index contributed by atoms with van der Waals surface area (Å²) < 4.78 is 7.03. The molecule has 0 fully saturated rings. The van der Waals surface area contributed by atoms with E-state index in [1.165, 1.54) is 12.4 Å². The Morgan fingerprint density at radius 1 is 1.26 bits per heavy atom. The monoisotopic (exact) mass is 350 g/mol. The molecule has 3 aromatic rings. The number of amides is 1. The van der Waals surface area contributed by atoms with E-state index in [1.807, 2.05) is 0 Å². The van der Waals surface area contributed by atoms with E-state index in [0.717, 1.165) is 0 Å². The number of carbonyl (C=O) groups is 1. The van der Waals surface area contributed by atoms with Gasteiger partial charge in [0.25, 0.3) is 5.91 Å². The summed E-state index contributed by atoms with van der Waals surface area (Å²) in [5.74, 6) is 0.244. The fourth-order valence-corrected chi connectivity index (χ4v) is 2.76. The summed E-state index contributed by atoms with van der Waals surface area (Å²) >= 11 is 12.1. The number of benzene rings is 1. The van der Waals surface area contributed by atoms with Crippen LogP contribution in [0.15, 0.2) is 30.9 Å². The molecule has 0 atom stereocenters. The van der Waals surface area contributed by atoms with Crippen LogP contribution in [-0.4, -0.2) is 27.6 Å². The second-order valence-corrected chi connectivity index (χ2v) is 5.61. The van der Waals surface area contributed by atoms with Crippen LogP contribution in [0, 0.1) is 0 Å². The highest BCUT2D eigenvalue weighted by atomic mass is 35.5. The van der Waals surface area contributed by atoms with Crippen LogP contribution in [0.5, 0.6) is 5.75 Å². The normalized spacial score (nSPS) is 10.8. The van der Waals surface area contributed by atoms with Crippen LogP contribution in [0.4, 0.5) is 5.69 Å². The maximum Gasteiger partial charge on any atom is 0.257 e. The summed E-state index contributed by atoms with van der Waals surface area (Å²) in [5.41, 5.74) is 2.02. The standard InChI is InChI=1S/C15H12Cl2N4O2/c1-21-7-19-13-11(23-2)4-3-8(14(13)21)15(22)20-12-9(16)5-18-6-10(12)17/h3-7H,1-2H3,(H,18,20,22). The molecule has 1 aromatic carbocycles. The van der Waals surface area contributed by atoms with E-state index in [9.17, 15) is 4.79 Å². The molecule has 0 radical (unpaired) electrons. The number of fused-ring (bicyclic) bond motifs is 1. The van der Waals surface area contributed by atoms with Crippen molar-refractivity contribution >= 4 is 45.8 Å². The molecule has 2 aromatic heterocycles. The molecule has 3 rings (SSSR count). The zero-order valence-corrected chi connectivity index (χ0v) is 13.8. The third-order valence-electron chi connectivity index (χ3n) is 3.38. The predicted octanol–water partition coefficient (Wildman–Crippen LogP) is 3.54. The number of rotatable bonds is 3. The second-order valence-electron chi connectivity index (χ2n) is 4.80. The number of nitrogens with one attached hydrogen (secondary N) is 1. The van der Waals surface area contributed by atoms with Crippen LogP contribution in [0.25, 0.3) is 11.0 Å². The largest absolute Gasteiger partial charge is 0.494 e. The Bertz CT molecular complexity index is 888. The molecule has 0 spiro atoms. The van der Waals surface area contributed by atoms with Gasteiger partial charge in [-0.25, -0.2) is 4.98 Å². The lowest BCUT2D eigenvalue weighted by Gasteiger charge is -2.11. The molecule has 118 valence electrons. The molecule has 0 saturated heterocycles. The molecule has 6 nitrogen and oxygen atoms in total. The van der Waals surface area contributed by atoms with Gasteiger partial charge in [-0.2, -0.15) is 0 Å². The van der Waals surface area contributed by atoms with Gasteiger partial charge in [-0.05, 0) is 12.1 Å². The first-order valence-electron chi connectivity index (χ1n) is 6.61. The summed E-state index contributed by atoms with van der Waals surface area (Å²) in [5, 5.41) is 3.25. The van der Waals surface area contributed by atoms with Crippen molar-refractivity contribution in [3.63, 3.8) is 0 Å². The van der Waals surface area contributed by atoms with Gasteiger partial charge >= 0.3 is 0 Å². The second kappa shape index (κ2) is 6.06. The number of hydrogen-bond donors (Lipinski definition) is 1. The van der Waals surface area contributed by atoms with Crippen molar-refractivity contribution in [3.8, 4) is 5.75 Å². The number of nitrogens with zero attached hydrogens (tertiary/aromatic N) is 3. The SMILES string of the molecule is COc1ccc(C(=O)Nc2c(Cl)cncc2Cl)c2c1ncn2C. The van der Waals surface area contributed by atoms with Gasteiger partial charge in [-0.3, -0.25) is 9.78 Å². The molecule has 0 aliphatic rings. The molecule has 0 bridgehead atoms. The lowest BCUT2D eigenvalue weighted by molar-refractivity contribution is 0.102. The quantitative estimate of drug-likeness (QED) is 0.784. The van der Waals surface area contributed by atoms with E-state index >= 15 is 0 Å². The number of aromatic nitrogens is 3. The maximum atomic E-state index is 12.7. The van der Waals surface area contributed by atoms with E-state index in [4.69, 9.17) is 27.9 Å². The number of ether oxygens (including phenoxy) is 1. The summed E-state index contributed by atoms with van der Waals surface area (Å²) in [6.07, 6.45) is 4.45. The van der Waals surface area contributed by atoms with Crippen molar-refractivity contribution in [3.05, 3.63) is 46.5 Å². The molecular weight excluding hydrogens is 339 g/mol. The van der Waals surface area contributed by atoms with E-state index in [0.29, 0.717) is 28.0 Å². The van der Waals surface area contributed by atoms with Gasteiger partial charge in [-0.1, -0.05) is 23.2 Å². The zero-order chi connectivity index (χ0) is 16.6. The molecule has 0 saturated carbocycles. The highest BCUT2D eigenvalue weighted by molar-refractivity contribution is 6.39. The third kappa shape index (κ3) is 2.71. The average molecular weight is 351 g/mol. The van der Waals surface area contributed by atoms with Gasteiger partial charge in [0.2, 0.25) is 0 Å². The van der Waals surface area contributed by atoms with Crippen LogP contribution < -0.4 is 10.1 Å². The first-order chi connectivity index (χ1) is 11.0. The van der Waals surface area contributed by atoms with Crippen LogP contribution in [-0.2, 0) is 7.05 Å². The Kier molecular flexibility index (Phi) is 4.11. The fraction of sp³-hybridized carbons (Fsp3) is 0.133. The van der Waals surface area contributed by atoms with E-state index in [-0.39, 0.29) is 16.0 Å². The predicted molar refractivity (Wildman–Crippen MR) is 89.5 cm³/mol. The maximum absolute atomic E-state index is 12.7. The molecule has 2 heterocycles. The van der Waals surface area contributed by atoms with Crippen LogP contribution >= 0.6 is 23.2 Å². The number of carbonyl (C=O) groups excluding carboxylic acids is 1. The van der Waals surface area contributed by atoms with Gasteiger partial charge in [0.1, 0.15) is 11.3 Å². The van der Waals surface area contributed by atoms with Crippen molar-refractivity contribution in [2.75, 3.05) is 12.4 Å². The smallest absolute Gasteiger partial charge is 0.257 e. The molecule has 8 heteroatoms. The fourth-order valence-electron chi connectivity index (χ4n) is 2.30. The zero-order valence-electron chi connectivity index (χ0n) is 12.3. The number of halogens is 2. The molecule has 0 aliphatic heterocycles. The van der Waals surface area contributed by atoms with Crippen molar-refractivity contribution in [2.24, 2.45) is 7.05 Å². The Hall–Kier alpha value is -2.31. The minimum absolute atomic E-state index is 0.264. The minimum Gasteiger partial charge on any atom is -0.494 e. The van der Waals surface area contributed by atoms with E-state index in [2.05, 4.69) is 15.3 Å². The number of imidazole rings is 1. The van der Waals surface area contributed by atoms with Crippen LogP contribution in [0.2, 0.25) is 10.0 Å². The van der Waals surface area contributed by atoms with Crippen molar-refractivity contribution < 1.29 is 9.53 Å². The third-order valence-corrected chi connectivity index (χ3v) is 3.96. The molecule has 0 unspecified atom stereocenters. The number of methoxy groups -OCH3 is 1. The molecule has 1 N–H and O–H groups in total. The number of hydrogen-bond acceptors (Lipinski definition) is 4. The first-order valence-corrected chi connectivity index (χ1v) is 7.37. The molecule has 1 amide bonds. The molecule has 0 aliphatic carbocycles. The summed E-state index contributed by atoms with van der Waals surface area (Å²) in [4.78, 5) is 20.8. The topological polar surface area (TPSA) is 69.0 Å². The highest BCUT2D eigenvalue weighted by Crippen LogP contribution is 2.31. The van der Waals surface area contributed by atoms with Crippen molar-refractivity contribution in [1.82, 2.24) is 14.5 Å². The summed E-state index contributed by atoms with van der Waals surface area (Å²) in [6.45, 7) is 0. The van der Waals surface area contributed by atoms with Gasteiger partial charge in [0.15, 0.2) is 0 Å². The van der Waals surface area contributed by atoms with Crippen LogP contribution in [0.1, 0.15) is 10.4 Å². The van der Waals surface area contributed by atoms with E-state index < -0.39 is 0 Å². The first kappa shape index (κ1) is 15.6. The van der Waals surface area contributed by atoms with Gasteiger partial charge in [0.05, 0.1) is 40.2 Å². The minimum atomic E-state index is -0.351. The highest BCUT2D eigenvalue weighted by Gasteiger charge is 2.18. The summed E-state index contributed by atoms with van der Waals surface area (Å²) in [7, 11) is 3.36. The van der Waals surface area contributed by atoms with Gasteiger partial charge in [-0.15, -0.1) is 0 Å². The molecular formula is C15H12Cl2N4O2. The average Bonchev–Trinajstić information content (AvgIpc) is 2.92. The lowest BCUT2D eigenvalue weighted by atomic mass is 10.1. The van der Waals surface area contributed by atoms with Crippen molar-refractivity contribution in [1.29, 1.82) is 0 Å². The van der Waals surface area contributed by atoms with Crippen molar-refractivity contribution in [2.45, 2.75) is 0 Å². The lowest BCUT2D eigenvalue weighted by Crippen LogP contribution is -2.14. The number of aryl methyl sites for hydroxylation is 1. The van der Waals surface area contributed by atoms with Gasteiger partial charge in [0, 0.05) is 19.4 Å².